The third-order valence-corrected chi connectivity index (χ3v) is 8.43. The van der Waals surface area contributed by atoms with E-state index in [4.69, 9.17) is 29.9 Å². The second-order valence-electron chi connectivity index (χ2n) is 16.2. The number of hydrogen-bond acceptors (Lipinski definition) is 9. The summed E-state index contributed by atoms with van der Waals surface area (Å²) in [5, 5.41) is 33.0. The number of carbonyl (C=O) groups is 4. The van der Waals surface area contributed by atoms with E-state index in [-0.39, 0.29) is 23.6 Å². The van der Waals surface area contributed by atoms with Crippen LogP contribution in [0.3, 0.4) is 0 Å². The quantitative estimate of drug-likeness (QED) is 0.0652. The SMILES string of the molecule is C=C(C)C(=O)O.C=C(C)C(=O)OCC(C)O.C=C(C)C(=O)OCc1ccccc1.C=CC(=O)O.C=Cc1ccc(C(C)(C)C)cc1.C=Cc1ccc(O)cc1.C=Cc1ccc(OC)cc1.C=Cc1ccccc1. The number of hydrogen-bond donors (Lipinski definition) is 4. The molecule has 11 heteroatoms. The molecule has 0 bridgehead atoms. The van der Waals surface area contributed by atoms with Gasteiger partial charge in [-0.2, -0.15) is 0 Å². The predicted molar refractivity (Wildman–Crippen MR) is 302 cm³/mol. The van der Waals surface area contributed by atoms with Crippen molar-refractivity contribution in [3.05, 3.63) is 242 Å². The van der Waals surface area contributed by atoms with Crippen LogP contribution >= 0.6 is 0 Å². The predicted octanol–water partition coefficient (Wildman–Crippen LogP) is 14.0. The summed E-state index contributed by atoms with van der Waals surface area (Å²) in [5.41, 5.74) is 8.04. The van der Waals surface area contributed by atoms with Crippen molar-refractivity contribution < 1.29 is 53.8 Å². The summed E-state index contributed by atoms with van der Waals surface area (Å²) in [5.74, 6) is -1.55. The smallest absolute Gasteiger partial charge is 0.333 e. The molecule has 0 saturated carbocycles. The summed E-state index contributed by atoms with van der Waals surface area (Å²) in [7, 11) is 1.66. The van der Waals surface area contributed by atoms with E-state index >= 15 is 0 Å². The Labute approximate surface area is 434 Å². The maximum atomic E-state index is 11.0. The fourth-order valence-corrected chi connectivity index (χ4v) is 4.22. The van der Waals surface area contributed by atoms with Crippen LogP contribution in [0.5, 0.6) is 11.5 Å². The fraction of sp³-hybridized carbons (Fsp3) is 0.194. The van der Waals surface area contributed by atoms with Gasteiger partial charge in [-0.25, -0.2) is 19.2 Å². The Bertz CT molecular complexity index is 2410. The van der Waals surface area contributed by atoms with Gasteiger partial charge < -0.3 is 34.6 Å². The average Bonchev–Trinajstić information content (AvgIpc) is 3.38. The van der Waals surface area contributed by atoms with Crippen molar-refractivity contribution in [3.63, 3.8) is 0 Å². The van der Waals surface area contributed by atoms with Crippen molar-refractivity contribution in [2.45, 2.75) is 66.6 Å². The number of rotatable bonds is 13. The van der Waals surface area contributed by atoms with Crippen molar-refractivity contribution in [2.75, 3.05) is 13.7 Å². The molecule has 0 aliphatic rings. The number of carboxylic acid groups (broad SMARTS) is 2. The van der Waals surface area contributed by atoms with Gasteiger partial charge in [-0.3, -0.25) is 0 Å². The standard InChI is InChI=1S/C12H16.C11H12O2.C9H10O.C8H8O.C8H8.C7H12O3.C4H6O2.C3H4O2/c1-5-10-6-8-11(9-7-10)12(2,3)4;1-9(2)11(12)13-8-10-6-4-3-5-7-10;1-3-8-4-6-9(10-2)7-5-8;1-2-7-3-5-8(9)6-4-7;1-2-8-6-4-3-5-7-8;1-5(2)7(9)10-4-6(3)8;1-3(2)4(5)6;1-2-3(4)5/h5-9H,1H2,2-4H3;3-7H,1,8H2,2H3;3-7H,1H2,2H3;2-6,9H,1H2;2-7H,1H2;6,8H,1,4H2,2-3H3;1H2,2H3,(H,5,6);2H,1H2,(H,4,5). The number of ether oxygens (including phenoxy) is 3. The first-order chi connectivity index (χ1) is 34.3. The van der Waals surface area contributed by atoms with Gasteiger partial charge in [0.15, 0.2) is 0 Å². The van der Waals surface area contributed by atoms with Gasteiger partial charge in [-0.1, -0.05) is 207 Å². The number of aliphatic hydroxyl groups excluding tert-OH is 1. The molecule has 0 saturated heterocycles. The molecule has 5 rings (SSSR count). The van der Waals surface area contributed by atoms with Crippen LogP contribution in [0.15, 0.2) is 209 Å². The molecular formula is C62H76O11. The highest BCUT2D eigenvalue weighted by molar-refractivity contribution is 5.87. The number of aliphatic carboxylic acids is 2. The van der Waals surface area contributed by atoms with Gasteiger partial charge in [0, 0.05) is 22.8 Å². The minimum Gasteiger partial charge on any atom is -0.508 e. The molecule has 0 aliphatic heterocycles. The van der Waals surface area contributed by atoms with E-state index in [0.29, 0.717) is 23.5 Å². The number of aromatic hydroxyl groups is 1. The zero-order valence-corrected chi connectivity index (χ0v) is 43.9. The summed E-state index contributed by atoms with van der Waals surface area (Å²) >= 11 is 0. The normalized spacial score (nSPS) is 9.49. The van der Waals surface area contributed by atoms with E-state index < -0.39 is 24.0 Å². The number of phenolic OH excluding ortho intramolecular Hbond substituents is 1. The first-order valence-corrected chi connectivity index (χ1v) is 22.5. The number of esters is 2. The molecule has 0 aliphatic carbocycles. The van der Waals surface area contributed by atoms with E-state index in [1.807, 2.05) is 109 Å². The lowest BCUT2D eigenvalue weighted by Crippen LogP contribution is -2.15. The first-order valence-electron chi connectivity index (χ1n) is 22.5. The molecule has 0 aromatic heterocycles. The highest BCUT2D eigenvalue weighted by Gasteiger charge is 2.12. The van der Waals surface area contributed by atoms with Crippen LogP contribution in [0.1, 0.15) is 81.8 Å². The highest BCUT2D eigenvalue weighted by atomic mass is 16.5. The molecule has 1 unspecified atom stereocenters. The Hall–Kier alpha value is -8.54. The van der Waals surface area contributed by atoms with Gasteiger partial charge in [0.05, 0.1) is 13.2 Å². The molecule has 0 spiro atoms. The number of aliphatic hydroxyl groups is 1. The van der Waals surface area contributed by atoms with Gasteiger partial charge >= 0.3 is 23.9 Å². The van der Waals surface area contributed by atoms with E-state index in [1.165, 1.54) is 23.6 Å². The zero-order chi connectivity index (χ0) is 56.4. The molecule has 5 aromatic rings. The zero-order valence-electron chi connectivity index (χ0n) is 43.9. The second kappa shape index (κ2) is 41.3. The molecule has 4 N–H and O–H groups in total. The van der Waals surface area contributed by atoms with Crippen molar-refractivity contribution in [3.8, 4) is 11.5 Å². The lowest BCUT2D eigenvalue weighted by Gasteiger charge is -2.18. The van der Waals surface area contributed by atoms with Crippen LogP contribution in [-0.4, -0.2) is 64.1 Å². The van der Waals surface area contributed by atoms with Gasteiger partial charge in [0.2, 0.25) is 0 Å². The number of carboxylic acids is 2. The summed E-state index contributed by atoms with van der Waals surface area (Å²) in [6.07, 6.45) is 7.47. The molecule has 1 atom stereocenters. The summed E-state index contributed by atoms with van der Waals surface area (Å²) in [4.78, 5) is 40.5. The Balaban J connectivity index is -0.000000778. The lowest BCUT2D eigenvalue weighted by molar-refractivity contribution is -0.141. The van der Waals surface area contributed by atoms with Crippen LogP contribution in [0.25, 0.3) is 24.3 Å². The minimum atomic E-state index is -0.981. The number of phenols is 1. The van der Waals surface area contributed by atoms with E-state index in [0.717, 1.165) is 28.5 Å². The molecule has 0 amide bonds. The Morgan fingerprint density at radius 1 is 0.562 bits per heavy atom. The first kappa shape index (κ1) is 68.7. The van der Waals surface area contributed by atoms with E-state index in [1.54, 1.807) is 52.2 Å². The highest BCUT2D eigenvalue weighted by Crippen LogP contribution is 2.22. The van der Waals surface area contributed by atoms with Crippen molar-refractivity contribution in [2.24, 2.45) is 0 Å². The maximum Gasteiger partial charge on any atom is 0.333 e. The molecule has 11 nitrogen and oxygen atoms in total. The molecule has 0 radical (unpaired) electrons. The van der Waals surface area contributed by atoms with Crippen LogP contribution in [-0.2, 0) is 40.7 Å². The molecule has 0 fully saturated rings. The summed E-state index contributed by atoms with van der Waals surface area (Å²) in [6.45, 7) is 40.7. The Kier molecular flexibility index (Phi) is 38.8. The molecule has 390 valence electrons. The average molecular weight is 997 g/mol. The van der Waals surface area contributed by atoms with Gasteiger partial charge in [-0.15, -0.1) is 0 Å². The monoisotopic (exact) mass is 997 g/mol. The molecule has 73 heavy (non-hydrogen) atoms. The van der Waals surface area contributed by atoms with E-state index in [9.17, 15) is 19.2 Å². The topological polar surface area (TPSA) is 177 Å². The van der Waals surface area contributed by atoms with Gasteiger partial charge in [-0.05, 0) is 90.8 Å². The van der Waals surface area contributed by atoms with Crippen molar-refractivity contribution in [1.29, 1.82) is 0 Å². The maximum absolute atomic E-state index is 11.0. The van der Waals surface area contributed by atoms with Crippen molar-refractivity contribution in [1.82, 2.24) is 0 Å². The number of carbonyl (C=O) groups excluding carboxylic acids is 2. The van der Waals surface area contributed by atoms with Crippen LogP contribution in [0.4, 0.5) is 0 Å². The lowest BCUT2D eigenvalue weighted by atomic mass is 9.87. The third kappa shape index (κ3) is 40.0. The summed E-state index contributed by atoms with van der Waals surface area (Å²) < 4.78 is 14.5. The summed E-state index contributed by atoms with van der Waals surface area (Å²) in [6, 6.07) is 42.8. The molecule has 5 aromatic carbocycles. The van der Waals surface area contributed by atoms with Gasteiger partial charge in [0.25, 0.3) is 0 Å². The van der Waals surface area contributed by atoms with Crippen LogP contribution < -0.4 is 4.74 Å². The van der Waals surface area contributed by atoms with E-state index in [2.05, 4.69) is 102 Å². The fourth-order valence-electron chi connectivity index (χ4n) is 4.22. The largest absolute Gasteiger partial charge is 0.508 e. The van der Waals surface area contributed by atoms with Crippen LogP contribution in [0.2, 0.25) is 0 Å². The van der Waals surface area contributed by atoms with Crippen molar-refractivity contribution >= 4 is 48.2 Å². The molecular weight excluding hydrogens is 921 g/mol. The Morgan fingerprint density at radius 3 is 1.21 bits per heavy atom. The molecule has 0 heterocycles. The number of benzene rings is 5. The second-order valence-corrected chi connectivity index (χ2v) is 16.2. The van der Waals surface area contributed by atoms with Gasteiger partial charge in [0.1, 0.15) is 24.7 Å². The Morgan fingerprint density at radius 2 is 0.904 bits per heavy atom. The van der Waals surface area contributed by atoms with Crippen LogP contribution in [0, 0.1) is 0 Å². The third-order valence-electron chi connectivity index (χ3n) is 8.43. The number of methoxy groups -OCH3 is 1. The minimum absolute atomic E-state index is 0.0334.